The lowest BCUT2D eigenvalue weighted by Gasteiger charge is -2.17. The molecule has 1 atom stereocenters. The fraction of sp³-hybridized carbons (Fsp3) is 0.467. The molecule has 1 rings (SSSR count). The summed E-state index contributed by atoms with van der Waals surface area (Å²) in [5.74, 6) is 5.26. The lowest BCUT2D eigenvalue weighted by atomic mass is 10.1. The van der Waals surface area contributed by atoms with Gasteiger partial charge in [-0.05, 0) is 44.2 Å². The monoisotopic (exact) mass is 264 g/mol. The molecule has 0 amide bonds. The Morgan fingerprint density at radius 2 is 2.16 bits per heavy atom. The number of benzene rings is 1. The highest BCUT2D eigenvalue weighted by atomic mass is 19.1. The van der Waals surface area contributed by atoms with Gasteiger partial charge >= 0.3 is 0 Å². The minimum atomic E-state index is -0.319. The SMILES string of the molecule is CC(O)CCN(C)Cc1cc(F)cc(C#CCN)c1. The van der Waals surface area contributed by atoms with Gasteiger partial charge in [0.15, 0.2) is 0 Å². The quantitative estimate of drug-likeness (QED) is 0.789. The first-order valence-electron chi connectivity index (χ1n) is 6.36. The second-order valence-corrected chi connectivity index (χ2v) is 4.73. The van der Waals surface area contributed by atoms with Gasteiger partial charge < -0.3 is 15.7 Å². The van der Waals surface area contributed by atoms with Crippen LogP contribution in [-0.4, -0.2) is 36.2 Å². The molecule has 0 spiro atoms. The average molecular weight is 264 g/mol. The van der Waals surface area contributed by atoms with Crippen molar-refractivity contribution in [3.63, 3.8) is 0 Å². The van der Waals surface area contributed by atoms with E-state index < -0.39 is 0 Å². The minimum Gasteiger partial charge on any atom is -0.393 e. The minimum absolute atomic E-state index is 0.264. The van der Waals surface area contributed by atoms with Gasteiger partial charge in [-0.25, -0.2) is 4.39 Å². The van der Waals surface area contributed by atoms with E-state index in [1.165, 1.54) is 12.1 Å². The lowest BCUT2D eigenvalue weighted by Crippen LogP contribution is -2.22. The van der Waals surface area contributed by atoms with Crippen LogP contribution < -0.4 is 5.73 Å². The van der Waals surface area contributed by atoms with Crippen molar-refractivity contribution in [1.82, 2.24) is 4.90 Å². The molecule has 1 aromatic carbocycles. The molecule has 19 heavy (non-hydrogen) atoms. The molecule has 0 saturated carbocycles. The fourth-order valence-electron chi connectivity index (χ4n) is 1.76. The first-order chi connectivity index (χ1) is 9.01. The molecule has 0 saturated heterocycles. The summed E-state index contributed by atoms with van der Waals surface area (Å²) >= 11 is 0. The van der Waals surface area contributed by atoms with Gasteiger partial charge in [-0.1, -0.05) is 11.8 Å². The topological polar surface area (TPSA) is 49.5 Å². The van der Waals surface area contributed by atoms with Gasteiger partial charge in [0, 0.05) is 18.7 Å². The fourth-order valence-corrected chi connectivity index (χ4v) is 1.76. The lowest BCUT2D eigenvalue weighted by molar-refractivity contribution is 0.163. The van der Waals surface area contributed by atoms with Crippen molar-refractivity contribution in [2.24, 2.45) is 5.73 Å². The summed E-state index contributed by atoms with van der Waals surface area (Å²) in [5.41, 5.74) is 6.81. The summed E-state index contributed by atoms with van der Waals surface area (Å²) in [6.45, 7) is 3.41. The highest BCUT2D eigenvalue weighted by molar-refractivity contribution is 5.37. The highest BCUT2D eigenvalue weighted by Crippen LogP contribution is 2.11. The molecule has 3 N–H and O–H groups in total. The van der Waals surface area contributed by atoms with Gasteiger partial charge in [0.1, 0.15) is 5.82 Å². The Kier molecular flexibility index (Phi) is 6.51. The largest absolute Gasteiger partial charge is 0.393 e. The second kappa shape index (κ2) is 7.90. The molecular weight excluding hydrogens is 243 g/mol. The molecule has 0 heterocycles. The zero-order chi connectivity index (χ0) is 14.3. The molecule has 0 radical (unpaired) electrons. The molecule has 0 fully saturated rings. The molecule has 1 unspecified atom stereocenters. The Morgan fingerprint density at radius 1 is 1.42 bits per heavy atom. The Morgan fingerprint density at radius 3 is 2.79 bits per heavy atom. The van der Waals surface area contributed by atoms with E-state index in [0.29, 0.717) is 18.5 Å². The van der Waals surface area contributed by atoms with E-state index in [1.54, 1.807) is 6.92 Å². The van der Waals surface area contributed by atoms with Gasteiger partial charge in [-0.15, -0.1) is 0 Å². The summed E-state index contributed by atoms with van der Waals surface area (Å²) in [5, 5.41) is 9.24. The van der Waals surface area contributed by atoms with Crippen LogP contribution in [0.15, 0.2) is 18.2 Å². The Balaban J connectivity index is 2.69. The number of rotatable bonds is 5. The molecule has 4 heteroatoms. The van der Waals surface area contributed by atoms with Crippen LogP contribution in [0.5, 0.6) is 0 Å². The van der Waals surface area contributed by atoms with Crippen molar-refractivity contribution in [3.05, 3.63) is 35.1 Å². The van der Waals surface area contributed by atoms with E-state index >= 15 is 0 Å². The van der Waals surface area contributed by atoms with E-state index in [2.05, 4.69) is 11.8 Å². The summed E-state index contributed by atoms with van der Waals surface area (Å²) in [6, 6.07) is 4.78. The number of halogens is 1. The van der Waals surface area contributed by atoms with E-state index in [-0.39, 0.29) is 18.5 Å². The second-order valence-electron chi connectivity index (χ2n) is 4.73. The molecule has 3 nitrogen and oxygen atoms in total. The third-order valence-electron chi connectivity index (χ3n) is 2.67. The molecular formula is C15H21FN2O. The zero-order valence-corrected chi connectivity index (χ0v) is 11.5. The normalized spacial score (nSPS) is 12.1. The van der Waals surface area contributed by atoms with Crippen LogP contribution in [0.1, 0.15) is 24.5 Å². The van der Waals surface area contributed by atoms with Crippen LogP contribution in [-0.2, 0) is 6.54 Å². The van der Waals surface area contributed by atoms with Gasteiger partial charge in [0.2, 0.25) is 0 Å². The van der Waals surface area contributed by atoms with Crippen LogP contribution in [0, 0.1) is 17.7 Å². The Bertz CT molecular complexity index is 463. The maximum Gasteiger partial charge on any atom is 0.124 e. The smallest absolute Gasteiger partial charge is 0.124 e. The van der Waals surface area contributed by atoms with Crippen molar-refractivity contribution < 1.29 is 9.50 Å². The Labute approximate surface area is 114 Å². The number of nitrogens with two attached hydrogens (primary N) is 1. The first kappa shape index (κ1) is 15.6. The van der Waals surface area contributed by atoms with Crippen LogP contribution >= 0.6 is 0 Å². The van der Waals surface area contributed by atoms with E-state index in [0.717, 1.165) is 12.1 Å². The molecule has 0 aliphatic carbocycles. The number of nitrogens with zero attached hydrogens (tertiary/aromatic N) is 1. The van der Waals surface area contributed by atoms with Gasteiger partial charge in [0.25, 0.3) is 0 Å². The maximum atomic E-state index is 13.5. The van der Waals surface area contributed by atoms with Crippen molar-refractivity contribution in [2.75, 3.05) is 20.1 Å². The van der Waals surface area contributed by atoms with E-state index in [4.69, 9.17) is 5.73 Å². The predicted molar refractivity (Wildman–Crippen MR) is 75.0 cm³/mol. The van der Waals surface area contributed by atoms with Crippen molar-refractivity contribution >= 4 is 0 Å². The maximum absolute atomic E-state index is 13.5. The van der Waals surface area contributed by atoms with Crippen LogP contribution in [0.2, 0.25) is 0 Å². The van der Waals surface area contributed by atoms with Crippen molar-refractivity contribution in [2.45, 2.75) is 26.0 Å². The molecule has 0 aromatic heterocycles. The highest BCUT2D eigenvalue weighted by Gasteiger charge is 2.05. The summed E-state index contributed by atoms with van der Waals surface area (Å²) < 4.78 is 13.5. The molecule has 0 aliphatic heterocycles. The number of aliphatic hydroxyl groups excluding tert-OH is 1. The van der Waals surface area contributed by atoms with E-state index in [1.807, 2.05) is 18.0 Å². The number of hydrogen-bond acceptors (Lipinski definition) is 3. The first-order valence-corrected chi connectivity index (χ1v) is 6.36. The number of hydrogen-bond donors (Lipinski definition) is 2. The van der Waals surface area contributed by atoms with Gasteiger partial charge in [-0.2, -0.15) is 0 Å². The molecule has 0 bridgehead atoms. The molecule has 1 aromatic rings. The van der Waals surface area contributed by atoms with Gasteiger partial charge in [0.05, 0.1) is 12.6 Å². The van der Waals surface area contributed by atoms with Crippen LogP contribution in [0.3, 0.4) is 0 Å². The van der Waals surface area contributed by atoms with E-state index in [9.17, 15) is 9.50 Å². The van der Waals surface area contributed by atoms with Crippen molar-refractivity contribution in [1.29, 1.82) is 0 Å². The third-order valence-corrected chi connectivity index (χ3v) is 2.67. The van der Waals surface area contributed by atoms with Crippen LogP contribution in [0.4, 0.5) is 4.39 Å². The third kappa shape index (κ3) is 6.35. The summed E-state index contributed by atoms with van der Waals surface area (Å²) in [4.78, 5) is 2.04. The molecule has 0 aliphatic rings. The predicted octanol–water partition coefficient (Wildman–Crippen LogP) is 1.34. The average Bonchev–Trinajstić information content (AvgIpc) is 2.33. The number of aliphatic hydroxyl groups is 1. The Hall–Kier alpha value is -1.41. The summed E-state index contributed by atoms with van der Waals surface area (Å²) in [7, 11) is 1.94. The zero-order valence-electron chi connectivity index (χ0n) is 11.5. The standard InChI is InChI=1S/C15H21FN2O/c1-12(19)5-7-18(2)11-14-8-13(4-3-6-17)9-15(16)10-14/h8-10,12,19H,5-7,11,17H2,1-2H3. The van der Waals surface area contributed by atoms with Crippen molar-refractivity contribution in [3.8, 4) is 11.8 Å². The van der Waals surface area contributed by atoms with Crippen LogP contribution in [0.25, 0.3) is 0 Å². The van der Waals surface area contributed by atoms with Gasteiger partial charge in [-0.3, -0.25) is 0 Å². The summed E-state index contributed by atoms with van der Waals surface area (Å²) in [6.07, 6.45) is 0.381. The molecule has 104 valence electrons.